The summed E-state index contributed by atoms with van der Waals surface area (Å²) in [5.41, 5.74) is 2.16. The molecule has 1 aliphatic carbocycles. The summed E-state index contributed by atoms with van der Waals surface area (Å²) in [6.07, 6.45) is 8.56. The van der Waals surface area contributed by atoms with E-state index in [4.69, 9.17) is 4.99 Å². The van der Waals surface area contributed by atoms with Crippen LogP contribution in [0.25, 0.3) is 0 Å². The van der Waals surface area contributed by atoms with E-state index in [1.807, 2.05) is 24.3 Å². The summed E-state index contributed by atoms with van der Waals surface area (Å²) in [4.78, 5) is 33.9. The maximum Gasteiger partial charge on any atom is 0.270 e. The number of hydrogen-bond acceptors (Lipinski definition) is 6. The maximum absolute atomic E-state index is 13.9. The fourth-order valence-corrected chi connectivity index (χ4v) is 6.03. The Morgan fingerprint density at radius 1 is 1.16 bits per heavy atom. The average Bonchev–Trinajstić information content (AvgIpc) is 3.51. The number of aliphatic imine (C=N–C) groups is 1. The molecular weight excluding hydrogens is 478 g/mol. The molecule has 1 aliphatic heterocycles. The van der Waals surface area contributed by atoms with Crippen LogP contribution >= 0.6 is 0 Å². The third kappa shape index (κ3) is 5.97. The van der Waals surface area contributed by atoms with Gasteiger partial charge in [-0.2, -0.15) is 5.21 Å². The molecule has 1 atom stereocenters. The summed E-state index contributed by atoms with van der Waals surface area (Å²) in [7, 11) is 0. The Labute approximate surface area is 226 Å². The Bertz CT molecular complexity index is 1110. The molecule has 1 fully saturated rings. The van der Waals surface area contributed by atoms with Crippen LogP contribution in [-0.4, -0.2) is 48.7 Å². The summed E-state index contributed by atoms with van der Waals surface area (Å²) in [5, 5.41) is 16.5. The van der Waals surface area contributed by atoms with Crippen molar-refractivity contribution in [2.24, 2.45) is 16.3 Å². The molecule has 2 aromatic rings. The molecule has 1 aromatic carbocycles. The van der Waals surface area contributed by atoms with Gasteiger partial charge in [-0.25, -0.2) is 0 Å². The number of hydrogen-bond donors (Lipinski definition) is 2. The first-order chi connectivity index (χ1) is 18.2. The molecule has 0 radical (unpaired) electrons. The van der Waals surface area contributed by atoms with Crippen molar-refractivity contribution in [1.29, 1.82) is 0 Å². The van der Waals surface area contributed by atoms with Crippen molar-refractivity contribution >= 4 is 17.5 Å². The fraction of sp³-hybridized carbons (Fsp3) is 0.655. The number of aromatic nitrogens is 4. The number of nitrogens with zero attached hydrogens (tertiary/aromatic N) is 5. The van der Waals surface area contributed by atoms with Crippen molar-refractivity contribution in [1.82, 2.24) is 30.8 Å². The van der Waals surface area contributed by atoms with Gasteiger partial charge in [0.15, 0.2) is 5.82 Å². The lowest BCUT2D eigenvalue weighted by molar-refractivity contribution is -0.134. The van der Waals surface area contributed by atoms with E-state index in [9.17, 15) is 9.59 Å². The number of carbonyl (C=O) groups excluding carboxylic acids is 2. The molecule has 1 aromatic heterocycles. The largest absolute Gasteiger partial charge is 0.345 e. The van der Waals surface area contributed by atoms with Crippen LogP contribution in [-0.2, 0) is 11.3 Å². The van der Waals surface area contributed by atoms with E-state index in [-0.39, 0.29) is 29.8 Å². The molecule has 2 aliphatic rings. The number of amides is 2. The van der Waals surface area contributed by atoms with E-state index in [1.54, 1.807) is 0 Å². The van der Waals surface area contributed by atoms with Gasteiger partial charge in [-0.15, -0.1) is 10.2 Å². The molecule has 0 bridgehead atoms. The zero-order valence-corrected chi connectivity index (χ0v) is 23.6. The zero-order valence-electron chi connectivity index (χ0n) is 23.6. The molecule has 2 N–H and O–H groups in total. The van der Waals surface area contributed by atoms with E-state index < -0.39 is 5.66 Å². The Kier molecular flexibility index (Phi) is 8.63. The standard InChI is InChI=1S/C29H43N7O2/c1-6-8-10-24(20-11-13-21(14-12-20)26(37)30-19-25-32-34-35-33-25)36-27(38)23(9-7-2)31-29(36)17-15-22(16-18-29)28(3,4)5/h11-14,22,24H,6-10,15-19H2,1-5H3,(H,30,37)(H,32,33,34,35)/t22?,24-,29?/m1/s1. The number of carbonyl (C=O) groups is 2. The highest BCUT2D eigenvalue weighted by molar-refractivity contribution is 6.40. The molecule has 2 heterocycles. The van der Waals surface area contributed by atoms with Crippen LogP contribution in [0.1, 0.15) is 120 Å². The van der Waals surface area contributed by atoms with E-state index in [2.05, 4.69) is 65.5 Å². The van der Waals surface area contributed by atoms with Gasteiger partial charge in [0.25, 0.3) is 11.8 Å². The highest BCUT2D eigenvalue weighted by Crippen LogP contribution is 2.49. The summed E-state index contributed by atoms with van der Waals surface area (Å²) in [6, 6.07) is 7.63. The number of tetrazole rings is 1. The van der Waals surface area contributed by atoms with Gasteiger partial charge < -0.3 is 10.2 Å². The van der Waals surface area contributed by atoms with Crippen LogP contribution in [0.4, 0.5) is 0 Å². The Balaban J connectivity index is 1.59. The van der Waals surface area contributed by atoms with Crippen molar-refractivity contribution in [3.05, 3.63) is 41.2 Å². The second-order valence-corrected chi connectivity index (χ2v) is 11.9. The first-order valence-electron chi connectivity index (χ1n) is 14.2. The SMILES string of the molecule is CCCC[C@H](c1ccc(C(=O)NCc2nn[nH]n2)cc1)N1C(=O)C(CCC)=NC12CCC(C(C)(C)C)CC2. The fourth-order valence-electron chi connectivity index (χ4n) is 6.03. The van der Waals surface area contributed by atoms with Crippen LogP contribution < -0.4 is 5.32 Å². The third-order valence-corrected chi connectivity index (χ3v) is 8.25. The van der Waals surface area contributed by atoms with Gasteiger partial charge in [-0.3, -0.25) is 14.6 Å². The zero-order chi connectivity index (χ0) is 27.3. The smallest absolute Gasteiger partial charge is 0.270 e. The molecule has 4 rings (SSSR count). The van der Waals surface area contributed by atoms with Gasteiger partial charge in [0.1, 0.15) is 11.4 Å². The number of unbranched alkanes of at least 4 members (excludes halogenated alkanes) is 1. The van der Waals surface area contributed by atoms with Crippen molar-refractivity contribution in [3.63, 3.8) is 0 Å². The number of H-pyrrole nitrogens is 1. The van der Waals surface area contributed by atoms with Gasteiger partial charge in [-0.05, 0) is 67.6 Å². The van der Waals surface area contributed by atoms with Crippen molar-refractivity contribution < 1.29 is 9.59 Å². The molecule has 2 amide bonds. The van der Waals surface area contributed by atoms with Crippen molar-refractivity contribution in [2.45, 2.75) is 111 Å². The molecule has 206 valence electrons. The summed E-state index contributed by atoms with van der Waals surface area (Å²) in [6.45, 7) is 11.5. The molecular formula is C29H43N7O2. The lowest BCUT2D eigenvalue weighted by Gasteiger charge is -2.47. The summed E-state index contributed by atoms with van der Waals surface area (Å²) >= 11 is 0. The van der Waals surface area contributed by atoms with Crippen LogP contribution in [0.15, 0.2) is 29.3 Å². The minimum Gasteiger partial charge on any atom is -0.345 e. The quantitative estimate of drug-likeness (QED) is 0.436. The third-order valence-electron chi connectivity index (χ3n) is 8.25. The maximum atomic E-state index is 13.9. The van der Waals surface area contributed by atoms with Gasteiger partial charge in [-0.1, -0.05) is 71.2 Å². The van der Waals surface area contributed by atoms with E-state index >= 15 is 0 Å². The average molecular weight is 522 g/mol. The van der Waals surface area contributed by atoms with E-state index in [0.717, 1.165) is 69.1 Å². The van der Waals surface area contributed by atoms with Crippen molar-refractivity contribution in [2.75, 3.05) is 0 Å². The topological polar surface area (TPSA) is 116 Å². The first-order valence-corrected chi connectivity index (χ1v) is 14.2. The highest BCUT2D eigenvalue weighted by Gasteiger charge is 2.52. The number of nitrogens with one attached hydrogen (secondary N) is 2. The van der Waals surface area contributed by atoms with Gasteiger partial charge in [0.2, 0.25) is 0 Å². The molecule has 0 saturated heterocycles. The Hall–Kier alpha value is -3.10. The Morgan fingerprint density at radius 2 is 1.87 bits per heavy atom. The lowest BCUT2D eigenvalue weighted by atomic mass is 9.69. The number of rotatable bonds is 10. The molecule has 0 unspecified atom stereocenters. The predicted molar refractivity (Wildman–Crippen MR) is 147 cm³/mol. The minimum absolute atomic E-state index is 0.0665. The number of aromatic amines is 1. The highest BCUT2D eigenvalue weighted by atomic mass is 16.2. The Morgan fingerprint density at radius 3 is 2.45 bits per heavy atom. The molecule has 1 spiro atoms. The predicted octanol–water partition coefficient (Wildman–Crippen LogP) is 5.38. The van der Waals surface area contributed by atoms with Crippen LogP contribution in [0, 0.1) is 11.3 Å². The summed E-state index contributed by atoms with van der Waals surface area (Å²) < 4.78 is 0. The summed E-state index contributed by atoms with van der Waals surface area (Å²) in [5.74, 6) is 0.963. The monoisotopic (exact) mass is 521 g/mol. The lowest BCUT2D eigenvalue weighted by Crippen LogP contribution is -2.51. The molecule has 1 saturated carbocycles. The molecule has 9 heteroatoms. The van der Waals surface area contributed by atoms with Crippen molar-refractivity contribution in [3.8, 4) is 0 Å². The minimum atomic E-state index is -0.456. The van der Waals surface area contributed by atoms with E-state index in [0.29, 0.717) is 17.3 Å². The van der Waals surface area contributed by atoms with Gasteiger partial charge in [0, 0.05) is 5.56 Å². The van der Waals surface area contributed by atoms with Crippen LogP contribution in [0.2, 0.25) is 0 Å². The molecule has 9 nitrogen and oxygen atoms in total. The second-order valence-electron chi connectivity index (χ2n) is 11.9. The number of benzene rings is 1. The van der Waals surface area contributed by atoms with E-state index in [1.165, 1.54) is 0 Å². The normalized spacial score (nSPS) is 22.6. The molecule has 38 heavy (non-hydrogen) atoms. The van der Waals surface area contributed by atoms with Gasteiger partial charge >= 0.3 is 0 Å². The van der Waals surface area contributed by atoms with Crippen LogP contribution in [0.3, 0.4) is 0 Å². The van der Waals surface area contributed by atoms with Gasteiger partial charge in [0.05, 0.1) is 12.6 Å². The second kappa shape index (κ2) is 11.7. The van der Waals surface area contributed by atoms with Crippen LogP contribution in [0.5, 0.6) is 0 Å². The first kappa shape index (κ1) is 27.9.